The number of amides is 1. The normalized spacial score (nSPS) is 22.4. The predicted octanol–water partition coefficient (Wildman–Crippen LogP) is 1.63. The number of likely N-dealkylation sites (tertiary alicyclic amines) is 1. The third-order valence-electron chi connectivity index (χ3n) is 3.46. The lowest BCUT2D eigenvalue weighted by molar-refractivity contribution is -0.133. The molecule has 2 aliphatic heterocycles. The van der Waals surface area contributed by atoms with Crippen LogP contribution in [0.2, 0.25) is 0 Å². The second-order valence-electron chi connectivity index (χ2n) is 4.64. The number of ether oxygens (including phenoxy) is 2. The van der Waals surface area contributed by atoms with Gasteiger partial charge in [0.15, 0.2) is 0 Å². The molecule has 1 amide bonds. The second kappa shape index (κ2) is 5.30. The summed E-state index contributed by atoms with van der Waals surface area (Å²) in [6.07, 6.45) is 6.93. The highest BCUT2D eigenvalue weighted by Gasteiger charge is 2.33. The van der Waals surface area contributed by atoms with Crippen LogP contribution in [0.5, 0.6) is 0 Å². The van der Waals surface area contributed by atoms with Crippen LogP contribution in [0.4, 0.5) is 0 Å². The Labute approximate surface area is 111 Å². The summed E-state index contributed by atoms with van der Waals surface area (Å²) in [5, 5.41) is 0. The van der Waals surface area contributed by atoms with Crippen LogP contribution in [0, 0.1) is 0 Å². The van der Waals surface area contributed by atoms with Crippen LogP contribution in [-0.2, 0) is 14.3 Å². The summed E-state index contributed by atoms with van der Waals surface area (Å²) in [5.41, 5.74) is 1.12. The number of pyridine rings is 1. The lowest BCUT2D eigenvalue weighted by atomic mass is 10.1. The summed E-state index contributed by atoms with van der Waals surface area (Å²) in [6.45, 7) is 1.70. The van der Waals surface area contributed by atoms with Crippen LogP contribution < -0.4 is 0 Å². The Bertz CT molecular complexity index is 487. The van der Waals surface area contributed by atoms with E-state index in [0.29, 0.717) is 19.0 Å². The second-order valence-corrected chi connectivity index (χ2v) is 4.64. The minimum Gasteiger partial charge on any atom is -0.494 e. The fourth-order valence-corrected chi connectivity index (χ4v) is 2.56. The molecular formula is C14H16N2O3. The Morgan fingerprint density at radius 3 is 2.89 bits per heavy atom. The van der Waals surface area contributed by atoms with Gasteiger partial charge in [-0.05, 0) is 30.5 Å². The van der Waals surface area contributed by atoms with E-state index in [1.165, 1.54) is 6.26 Å². The van der Waals surface area contributed by atoms with Crippen molar-refractivity contribution in [2.45, 2.75) is 18.9 Å². The molecule has 0 aliphatic carbocycles. The topological polar surface area (TPSA) is 51.7 Å². The summed E-state index contributed by atoms with van der Waals surface area (Å²) >= 11 is 0. The summed E-state index contributed by atoms with van der Waals surface area (Å²) in [5.74, 6) is 0.228. The zero-order valence-electron chi connectivity index (χ0n) is 10.6. The van der Waals surface area contributed by atoms with Gasteiger partial charge in [-0.25, -0.2) is 0 Å². The molecule has 1 aromatic heterocycles. The van der Waals surface area contributed by atoms with Crippen molar-refractivity contribution in [1.82, 2.24) is 9.88 Å². The van der Waals surface area contributed by atoms with Crippen LogP contribution in [0.3, 0.4) is 0 Å². The van der Waals surface area contributed by atoms with E-state index >= 15 is 0 Å². The molecule has 5 heteroatoms. The van der Waals surface area contributed by atoms with Gasteiger partial charge < -0.3 is 14.4 Å². The van der Waals surface area contributed by atoms with Crippen molar-refractivity contribution in [2.75, 3.05) is 19.8 Å². The van der Waals surface area contributed by atoms with Gasteiger partial charge in [0.1, 0.15) is 19.5 Å². The van der Waals surface area contributed by atoms with Gasteiger partial charge in [0, 0.05) is 18.9 Å². The standard InChI is InChI=1S/C14H16N2O3/c17-14(13-10-18-8-9-19-13)16-7-1-2-12(16)11-3-5-15-6-4-11/h3-6,10,12H,1-2,7-9H2/t12-/m0/s1. The van der Waals surface area contributed by atoms with Crippen LogP contribution >= 0.6 is 0 Å². The Kier molecular flexibility index (Phi) is 3.35. The molecule has 19 heavy (non-hydrogen) atoms. The maximum absolute atomic E-state index is 12.4. The first-order valence-electron chi connectivity index (χ1n) is 6.52. The maximum atomic E-state index is 12.4. The van der Waals surface area contributed by atoms with Gasteiger partial charge in [0.05, 0.1) is 6.04 Å². The predicted molar refractivity (Wildman–Crippen MR) is 67.9 cm³/mol. The first kappa shape index (κ1) is 12.0. The lowest BCUT2D eigenvalue weighted by Gasteiger charge is -2.26. The zero-order chi connectivity index (χ0) is 13.1. The monoisotopic (exact) mass is 260 g/mol. The van der Waals surface area contributed by atoms with Crippen molar-refractivity contribution in [3.63, 3.8) is 0 Å². The van der Waals surface area contributed by atoms with Gasteiger partial charge in [0.25, 0.3) is 5.91 Å². The van der Waals surface area contributed by atoms with Gasteiger partial charge >= 0.3 is 0 Å². The Morgan fingerprint density at radius 2 is 2.16 bits per heavy atom. The molecule has 0 saturated carbocycles. The number of aromatic nitrogens is 1. The first-order chi connectivity index (χ1) is 9.36. The Hall–Kier alpha value is -2.04. The van der Waals surface area contributed by atoms with Crippen LogP contribution in [0.15, 0.2) is 36.5 Å². The third kappa shape index (κ3) is 2.41. The summed E-state index contributed by atoms with van der Waals surface area (Å²) in [4.78, 5) is 18.3. The fraction of sp³-hybridized carbons (Fsp3) is 0.429. The number of hydrogen-bond acceptors (Lipinski definition) is 4. The van der Waals surface area contributed by atoms with Gasteiger partial charge in [-0.3, -0.25) is 9.78 Å². The number of rotatable bonds is 2. The molecule has 0 N–H and O–H groups in total. The van der Waals surface area contributed by atoms with Gasteiger partial charge in [-0.15, -0.1) is 0 Å². The number of hydrogen-bond donors (Lipinski definition) is 0. The van der Waals surface area contributed by atoms with Crippen molar-refractivity contribution in [2.24, 2.45) is 0 Å². The molecule has 5 nitrogen and oxygen atoms in total. The van der Waals surface area contributed by atoms with E-state index in [0.717, 1.165) is 24.9 Å². The number of carbonyl (C=O) groups excluding carboxylic acids is 1. The highest BCUT2D eigenvalue weighted by atomic mass is 16.6. The van der Waals surface area contributed by atoms with E-state index in [1.807, 2.05) is 17.0 Å². The average molecular weight is 260 g/mol. The molecule has 0 bridgehead atoms. The van der Waals surface area contributed by atoms with Crippen molar-refractivity contribution >= 4 is 5.91 Å². The Morgan fingerprint density at radius 1 is 1.32 bits per heavy atom. The Balaban J connectivity index is 1.79. The minimum absolute atomic E-state index is 0.0842. The van der Waals surface area contributed by atoms with E-state index in [4.69, 9.17) is 9.47 Å². The van der Waals surface area contributed by atoms with Crippen molar-refractivity contribution in [3.8, 4) is 0 Å². The van der Waals surface area contributed by atoms with E-state index in [9.17, 15) is 4.79 Å². The zero-order valence-corrected chi connectivity index (χ0v) is 10.6. The molecule has 0 unspecified atom stereocenters. The van der Waals surface area contributed by atoms with Crippen LogP contribution in [0.1, 0.15) is 24.4 Å². The molecule has 0 aromatic carbocycles. The first-order valence-corrected chi connectivity index (χ1v) is 6.52. The smallest absolute Gasteiger partial charge is 0.292 e. The molecule has 0 radical (unpaired) electrons. The van der Waals surface area contributed by atoms with Gasteiger partial charge in [-0.1, -0.05) is 0 Å². The molecule has 1 atom stereocenters. The lowest BCUT2D eigenvalue weighted by Crippen LogP contribution is -2.33. The quantitative estimate of drug-likeness (QED) is 0.811. The van der Waals surface area contributed by atoms with Crippen LogP contribution in [0.25, 0.3) is 0 Å². The summed E-state index contributed by atoms with van der Waals surface area (Å²) < 4.78 is 10.5. The van der Waals surface area contributed by atoms with Gasteiger partial charge in [-0.2, -0.15) is 0 Å². The number of nitrogens with zero attached hydrogens (tertiary/aromatic N) is 2. The molecule has 1 aromatic rings. The molecular weight excluding hydrogens is 244 g/mol. The third-order valence-corrected chi connectivity index (χ3v) is 3.46. The van der Waals surface area contributed by atoms with E-state index < -0.39 is 0 Å². The highest BCUT2D eigenvalue weighted by molar-refractivity contribution is 5.91. The maximum Gasteiger partial charge on any atom is 0.292 e. The highest BCUT2D eigenvalue weighted by Crippen LogP contribution is 2.32. The van der Waals surface area contributed by atoms with Crippen LogP contribution in [-0.4, -0.2) is 35.5 Å². The number of carbonyl (C=O) groups is 1. The fourth-order valence-electron chi connectivity index (χ4n) is 2.56. The minimum atomic E-state index is -0.0842. The van der Waals surface area contributed by atoms with Crippen molar-refractivity contribution in [3.05, 3.63) is 42.1 Å². The molecule has 1 fully saturated rings. The molecule has 3 rings (SSSR count). The molecule has 2 aliphatic rings. The SMILES string of the molecule is O=C(C1=COCCO1)N1CCC[C@H]1c1ccncc1. The van der Waals surface area contributed by atoms with Gasteiger partial charge in [0.2, 0.25) is 5.76 Å². The van der Waals surface area contributed by atoms with Crippen molar-refractivity contribution in [1.29, 1.82) is 0 Å². The van der Waals surface area contributed by atoms with E-state index in [2.05, 4.69) is 4.98 Å². The summed E-state index contributed by atoms with van der Waals surface area (Å²) in [6, 6.07) is 4.04. The summed E-state index contributed by atoms with van der Waals surface area (Å²) in [7, 11) is 0. The average Bonchev–Trinajstić information content (AvgIpc) is 2.98. The molecule has 3 heterocycles. The molecule has 0 spiro atoms. The van der Waals surface area contributed by atoms with Crippen molar-refractivity contribution < 1.29 is 14.3 Å². The van der Waals surface area contributed by atoms with E-state index in [1.54, 1.807) is 12.4 Å². The van der Waals surface area contributed by atoms with E-state index in [-0.39, 0.29) is 11.9 Å². The molecule has 1 saturated heterocycles. The largest absolute Gasteiger partial charge is 0.494 e. The molecule has 100 valence electrons.